The Morgan fingerprint density at radius 2 is 2.33 bits per heavy atom. The second-order valence-electron chi connectivity index (χ2n) is 5.60. The Kier molecular flexibility index (Phi) is 6.03. The Labute approximate surface area is 132 Å². The van der Waals surface area contributed by atoms with Gasteiger partial charge in [-0.25, -0.2) is 0 Å². The van der Waals surface area contributed by atoms with Gasteiger partial charge in [0.25, 0.3) is 0 Å². The van der Waals surface area contributed by atoms with E-state index in [0.717, 1.165) is 38.2 Å². The smallest absolute Gasteiger partial charge is 0.237 e. The normalized spacial score (nSPS) is 19.0. The van der Waals surface area contributed by atoms with Crippen molar-refractivity contribution in [3.05, 3.63) is 34.9 Å². The van der Waals surface area contributed by atoms with Crippen LogP contribution in [0.15, 0.2) is 24.3 Å². The van der Waals surface area contributed by atoms with E-state index in [4.69, 9.17) is 11.6 Å². The molecule has 0 bridgehead atoms. The van der Waals surface area contributed by atoms with Crippen LogP contribution in [0.2, 0.25) is 5.02 Å². The van der Waals surface area contributed by atoms with Crippen molar-refractivity contribution in [2.24, 2.45) is 0 Å². The predicted octanol–water partition coefficient (Wildman–Crippen LogP) is 2.15. The van der Waals surface area contributed by atoms with Gasteiger partial charge in [-0.2, -0.15) is 0 Å². The van der Waals surface area contributed by atoms with Crippen LogP contribution in [-0.4, -0.2) is 55.5 Å². The van der Waals surface area contributed by atoms with Crippen LogP contribution in [0.1, 0.15) is 24.9 Å². The van der Waals surface area contributed by atoms with Crippen molar-refractivity contribution in [1.82, 2.24) is 15.1 Å². The van der Waals surface area contributed by atoms with Crippen LogP contribution in [0.4, 0.5) is 0 Å². The molecular formula is C16H24ClN3O. The van der Waals surface area contributed by atoms with Gasteiger partial charge in [-0.15, -0.1) is 0 Å². The molecule has 5 heteroatoms. The van der Waals surface area contributed by atoms with E-state index in [1.807, 2.05) is 36.2 Å². The summed E-state index contributed by atoms with van der Waals surface area (Å²) in [4.78, 5) is 16.6. The topological polar surface area (TPSA) is 35.6 Å². The average Bonchev–Trinajstić information content (AvgIpc) is 2.47. The predicted molar refractivity (Wildman–Crippen MR) is 86.6 cm³/mol. The molecule has 1 heterocycles. The van der Waals surface area contributed by atoms with Gasteiger partial charge in [0.2, 0.25) is 5.91 Å². The second-order valence-corrected chi connectivity index (χ2v) is 6.04. The van der Waals surface area contributed by atoms with E-state index in [-0.39, 0.29) is 11.9 Å². The van der Waals surface area contributed by atoms with Crippen molar-refractivity contribution >= 4 is 17.5 Å². The van der Waals surface area contributed by atoms with Gasteiger partial charge in [0.05, 0.1) is 12.6 Å². The van der Waals surface area contributed by atoms with Crippen LogP contribution < -0.4 is 5.32 Å². The van der Waals surface area contributed by atoms with Crippen molar-refractivity contribution in [3.63, 3.8) is 0 Å². The molecule has 0 spiro atoms. The van der Waals surface area contributed by atoms with Crippen molar-refractivity contribution in [3.8, 4) is 0 Å². The van der Waals surface area contributed by atoms with Gasteiger partial charge in [-0.3, -0.25) is 9.69 Å². The molecule has 0 radical (unpaired) electrons. The fourth-order valence-electron chi connectivity index (χ4n) is 2.80. The zero-order chi connectivity index (χ0) is 15.2. The number of nitrogens with zero attached hydrogens (tertiary/aromatic N) is 2. The van der Waals surface area contributed by atoms with Gasteiger partial charge in [0.15, 0.2) is 0 Å². The monoisotopic (exact) mass is 309 g/mol. The van der Waals surface area contributed by atoms with E-state index in [1.54, 1.807) is 0 Å². The summed E-state index contributed by atoms with van der Waals surface area (Å²) < 4.78 is 0. The standard InChI is InChI=1S/C16H24ClN3O/c1-3-8-19(2)12-16(21)20-9-7-18-11-15(20)13-5-4-6-14(17)10-13/h4-6,10,15,18H,3,7-9,11-12H2,1-2H3. The molecule has 21 heavy (non-hydrogen) atoms. The van der Waals surface area contributed by atoms with Gasteiger partial charge in [0, 0.05) is 24.7 Å². The fraction of sp³-hybridized carbons (Fsp3) is 0.562. The highest BCUT2D eigenvalue weighted by Gasteiger charge is 2.28. The van der Waals surface area contributed by atoms with Crippen LogP contribution in [0, 0.1) is 0 Å². The van der Waals surface area contributed by atoms with E-state index >= 15 is 0 Å². The van der Waals surface area contributed by atoms with Gasteiger partial charge < -0.3 is 10.2 Å². The Morgan fingerprint density at radius 1 is 1.52 bits per heavy atom. The van der Waals surface area contributed by atoms with Gasteiger partial charge >= 0.3 is 0 Å². The molecule has 116 valence electrons. The molecule has 0 saturated carbocycles. The lowest BCUT2D eigenvalue weighted by Crippen LogP contribution is -2.51. The fourth-order valence-corrected chi connectivity index (χ4v) is 3.00. The maximum Gasteiger partial charge on any atom is 0.237 e. The van der Waals surface area contributed by atoms with Gasteiger partial charge in [-0.05, 0) is 37.7 Å². The maximum absolute atomic E-state index is 12.6. The van der Waals surface area contributed by atoms with E-state index < -0.39 is 0 Å². The number of piperazine rings is 1. The number of carbonyl (C=O) groups excluding carboxylic acids is 1. The molecule has 1 aromatic carbocycles. The number of carbonyl (C=O) groups is 1. The molecular weight excluding hydrogens is 286 g/mol. The lowest BCUT2D eigenvalue weighted by molar-refractivity contribution is -0.135. The largest absolute Gasteiger partial charge is 0.332 e. The third kappa shape index (κ3) is 4.43. The first-order valence-corrected chi connectivity index (χ1v) is 7.93. The van der Waals surface area contributed by atoms with Gasteiger partial charge in [-0.1, -0.05) is 30.7 Å². The minimum Gasteiger partial charge on any atom is -0.332 e. The molecule has 4 nitrogen and oxygen atoms in total. The summed E-state index contributed by atoms with van der Waals surface area (Å²) >= 11 is 6.08. The Balaban J connectivity index is 2.10. The third-order valence-electron chi connectivity index (χ3n) is 3.81. The molecule has 1 aliphatic rings. The van der Waals surface area contributed by atoms with E-state index in [1.165, 1.54) is 0 Å². The number of rotatable bonds is 5. The molecule has 0 aliphatic carbocycles. The number of hydrogen-bond donors (Lipinski definition) is 1. The Bertz CT molecular complexity index is 480. The summed E-state index contributed by atoms with van der Waals surface area (Å²) in [5.41, 5.74) is 1.10. The van der Waals surface area contributed by atoms with E-state index in [9.17, 15) is 4.79 Å². The molecule has 1 amide bonds. The number of halogens is 1. The summed E-state index contributed by atoms with van der Waals surface area (Å²) in [6.45, 7) is 5.92. The Hall–Kier alpha value is -1.10. The number of hydrogen-bond acceptors (Lipinski definition) is 3. The first-order valence-electron chi connectivity index (χ1n) is 7.56. The second kappa shape index (κ2) is 7.78. The van der Waals surface area contributed by atoms with Crippen molar-refractivity contribution in [2.45, 2.75) is 19.4 Å². The third-order valence-corrected chi connectivity index (χ3v) is 4.04. The first kappa shape index (κ1) is 16.3. The minimum absolute atomic E-state index is 0.0694. The van der Waals surface area contributed by atoms with E-state index in [0.29, 0.717) is 11.6 Å². The summed E-state index contributed by atoms with van der Waals surface area (Å²) in [6.07, 6.45) is 1.06. The molecule has 1 fully saturated rings. The quantitative estimate of drug-likeness (QED) is 0.905. The zero-order valence-electron chi connectivity index (χ0n) is 12.8. The molecule has 0 aromatic heterocycles. The number of likely N-dealkylation sites (N-methyl/N-ethyl adjacent to an activating group) is 1. The SMILES string of the molecule is CCCN(C)CC(=O)N1CCNCC1c1cccc(Cl)c1. The summed E-state index contributed by atoms with van der Waals surface area (Å²) in [5.74, 6) is 0.192. The van der Waals surface area contributed by atoms with Crippen LogP contribution in [0.25, 0.3) is 0 Å². The van der Waals surface area contributed by atoms with Crippen LogP contribution in [0.3, 0.4) is 0 Å². The minimum atomic E-state index is 0.0694. The molecule has 1 aliphatic heterocycles. The molecule has 2 rings (SSSR count). The number of nitrogens with one attached hydrogen (secondary N) is 1. The molecule has 1 N–H and O–H groups in total. The lowest BCUT2D eigenvalue weighted by atomic mass is 10.0. The first-order chi connectivity index (χ1) is 10.1. The molecule has 1 unspecified atom stereocenters. The lowest BCUT2D eigenvalue weighted by Gasteiger charge is -2.37. The summed E-state index contributed by atoms with van der Waals surface area (Å²) in [6, 6.07) is 7.87. The van der Waals surface area contributed by atoms with Crippen LogP contribution in [-0.2, 0) is 4.79 Å². The summed E-state index contributed by atoms with van der Waals surface area (Å²) in [5, 5.41) is 4.08. The maximum atomic E-state index is 12.6. The molecule has 1 aromatic rings. The van der Waals surface area contributed by atoms with Crippen molar-refractivity contribution in [2.75, 3.05) is 39.8 Å². The van der Waals surface area contributed by atoms with Crippen molar-refractivity contribution < 1.29 is 4.79 Å². The van der Waals surface area contributed by atoms with Crippen LogP contribution in [0.5, 0.6) is 0 Å². The number of amides is 1. The highest BCUT2D eigenvalue weighted by atomic mass is 35.5. The highest BCUT2D eigenvalue weighted by molar-refractivity contribution is 6.30. The Morgan fingerprint density at radius 3 is 3.05 bits per heavy atom. The summed E-state index contributed by atoms with van der Waals surface area (Å²) in [7, 11) is 2.00. The van der Waals surface area contributed by atoms with Crippen molar-refractivity contribution in [1.29, 1.82) is 0 Å². The average molecular weight is 310 g/mol. The number of benzene rings is 1. The highest BCUT2D eigenvalue weighted by Crippen LogP contribution is 2.24. The van der Waals surface area contributed by atoms with Crippen LogP contribution >= 0.6 is 11.6 Å². The van der Waals surface area contributed by atoms with E-state index in [2.05, 4.69) is 17.1 Å². The molecule has 1 saturated heterocycles. The molecule has 1 atom stereocenters. The van der Waals surface area contributed by atoms with Gasteiger partial charge in [0.1, 0.15) is 0 Å². The zero-order valence-corrected chi connectivity index (χ0v) is 13.6.